The third-order valence-corrected chi connectivity index (χ3v) is 4.36. The van der Waals surface area contributed by atoms with Crippen molar-refractivity contribution in [1.29, 1.82) is 0 Å². The number of alkyl halides is 3. The van der Waals surface area contributed by atoms with E-state index in [1.165, 1.54) is 6.42 Å². The van der Waals surface area contributed by atoms with E-state index in [4.69, 9.17) is 0 Å². The van der Waals surface area contributed by atoms with Crippen LogP contribution in [0, 0.1) is 5.92 Å². The highest BCUT2D eigenvalue weighted by molar-refractivity contribution is 14.3. The van der Waals surface area contributed by atoms with Crippen molar-refractivity contribution in [3.8, 4) is 0 Å². The minimum absolute atomic E-state index is 0.419. The number of rotatable bonds is 2. The zero-order chi connectivity index (χ0) is 6.78. The molecule has 0 bridgehead atoms. The molecule has 50 valence electrons. The van der Waals surface area contributed by atoms with Gasteiger partial charge in [-0.1, -0.05) is 88.0 Å². The molecule has 0 aliphatic rings. The fourth-order valence-corrected chi connectivity index (χ4v) is 1.55. The van der Waals surface area contributed by atoms with Gasteiger partial charge in [-0.2, -0.15) is 0 Å². The van der Waals surface area contributed by atoms with E-state index in [2.05, 4.69) is 81.6 Å². The van der Waals surface area contributed by atoms with Crippen molar-refractivity contribution in [2.24, 2.45) is 5.92 Å². The van der Waals surface area contributed by atoms with Crippen LogP contribution in [0.15, 0.2) is 0 Å². The van der Waals surface area contributed by atoms with Gasteiger partial charge in [0.2, 0.25) is 0 Å². The van der Waals surface area contributed by atoms with Crippen LogP contribution >= 0.6 is 67.8 Å². The maximum absolute atomic E-state index is 2.48. The molecular formula is C5H9I3. The molecule has 0 rings (SSSR count). The third-order valence-electron chi connectivity index (χ3n) is 1.17. The zero-order valence-corrected chi connectivity index (χ0v) is 11.4. The SMILES string of the molecule is CCC(C)C(I)(I)I. The van der Waals surface area contributed by atoms with Gasteiger partial charge in [0.15, 0.2) is 0 Å². The fourth-order valence-electron chi connectivity index (χ4n) is 0.231. The summed E-state index contributed by atoms with van der Waals surface area (Å²) in [5.74, 6) is 0.810. The van der Waals surface area contributed by atoms with E-state index < -0.39 is 0 Å². The van der Waals surface area contributed by atoms with Gasteiger partial charge in [-0.25, -0.2) is 0 Å². The molecule has 0 heterocycles. The highest BCUT2D eigenvalue weighted by atomic mass is 127. The van der Waals surface area contributed by atoms with Crippen LogP contribution in [0.5, 0.6) is 0 Å². The topological polar surface area (TPSA) is 0 Å². The van der Waals surface area contributed by atoms with Gasteiger partial charge >= 0.3 is 0 Å². The molecule has 0 saturated heterocycles. The second-order valence-corrected chi connectivity index (χ2v) is 13.1. The minimum Gasteiger partial charge on any atom is -0.0650 e. The summed E-state index contributed by atoms with van der Waals surface area (Å²) in [7, 11) is 0. The molecule has 0 saturated carbocycles. The van der Waals surface area contributed by atoms with Crippen LogP contribution < -0.4 is 0 Å². The lowest BCUT2D eigenvalue weighted by atomic mass is 10.2. The number of hydrogen-bond acceptors (Lipinski definition) is 0. The van der Waals surface area contributed by atoms with Crippen molar-refractivity contribution in [1.82, 2.24) is 0 Å². The number of halogens is 3. The molecule has 0 aliphatic heterocycles. The predicted octanol–water partition coefficient (Wildman–Crippen LogP) is 3.99. The van der Waals surface area contributed by atoms with Crippen molar-refractivity contribution < 1.29 is 0 Å². The Morgan fingerprint density at radius 2 is 1.75 bits per heavy atom. The Bertz CT molecular complexity index is 64.6. The van der Waals surface area contributed by atoms with Crippen molar-refractivity contribution in [3.63, 3.8) is 0 Å². The van der Waals surface area contributed by atoms with Gasteiger partial charge in [-0.3, -0.25) is 0 Å². The maximum Gasteiger partial charge on any atom is 0.126 e. The molecule has 1 atom stereocenters. The fraction of sp³-hybridized carbons (Fsp3) is 1.00. The summed E-state index contributed by atoms with van der Waals surface area (Å²) in [6, 6.07) is 0. The first-order chi connectivity index (χ1) is 3.48. The first kappa shape index (κ1) is 10.2. The summed E-state index contributed by atoms with van der Waals surface area (Å²) >= 11 is 7.43. The first-order valence-electron chi connectivity index (χ1n) is 2.55. The van der Waals surface area contributed by atoms with Gasteiger partial charge < -0.3 is 0 Å². The van der Waals surface area contributed by atoms with E-state index in [9.17, 15) is 0 Å². The molecular weight excluding hydrogens is 441 g/mol. The Kier molecular flexibility index (Phi) is 5.28. The van der Waals surface area contributed by atoms with Gasteiger partial charge in [0.1, 0.15) is -0.565 Å². The smallest absolute Gasteiger partial charge is 0.0650 e. The maximum atomic E-state index is 2.48. The van der Waals surface area contributed by atoms with E-state index in [0.29, 0.717) is -0.565 Å². The Morgan fingerprint density at radius 1 is 1.38 bits per heavy atom. The van der Waals surface area contributed by atoms with Crippen molar-refractivity contribution in [2.45, 2.75) is 19.7 Å². The Morgan fingerprint density at radius 3 is 1.75 bits per heavy atom. The molecule has 0 aromatic rings. The lowest BCUT2D eigenvalue weighted by Gasteiger charge is -2.19. The van der Waals surface area contributed by atoms with Crippen LogP contribution in [-0.4, -0.2) is -0.565 Å². The van der Waals surface area contributed by atoms with Gasteiger partial charge in [0.25, 0.3) is 0 Å². The summed E-state index contributed by atoms with van der Waals surface area (Å²) < 4.78 is 0.419. The predicted molar refractivity (Wildman–Crippen MR) is 64.2 cm³/mol. The normalized spacial score (nSPS) is 16.1. The summed E-state index contributed by atoms with van der Waals surface area (Å²) in [5.41, 5.74) is 0. The molecule has 1 unspecified atom stereocenters. The average molecular weight is 450 g/mol. The van der Waals surface area contributed by atoms with E-state index in [0.717, 1.165) is 5.92 Å². The Hall–Kier alpha value is 2.19. The lowest BCUT2D eigenvalue weighted by molar-refractivity contribution is 0.626. The van der Waals surface area contributed by atoms with Gasteiger partial charge in [0, 0.05) is 0 Å². The summed E-state index contributed by atoms with van der Waals surface area (Å²) in [4.78, 5) is 0. The molecule has 0 spiro atoms. The minimum atomic E-state index is 0.419. The standard InChI is InChI=1S/C5H9I3/c1-3-4(2)5(6,7)8/h4H,3H2,1-2H3. The van der Waals surface area contributed by atoms with E-state index in [1.54, 1.807) is 0 Å². The largest absolute Gasteiger partial charge is 0.126 e. The number of hydrogen-bond donors (Lipinski definition) is 0. The second-order valence-electron chi connectivity index (χ2n) is 1.85. The molecule has 8 heavy (non-hydrogen) atoms. The molecule has 0 aliphatic carbocycles. The first-order valence-corrected chi connectivity index (χ1v) is 5.78. The highest BCUT2D eigenvalue weighted by Gasteiger charge is 2.23. The third kappa shape index (κ3) is 4.08. The molecule has 0 radical (unpaired) electrons. The lowest BCUT2D eigenvalue weighted by Crippen LogP contribution is -2.11. The van der Waals surface area contributed by atoms with E-state index >= 15 is 0 Å². The van der Waals surface area contributed by atoms with Crippen LogP contribution in [-0.2, 0) is 0 Å². The van der Waals surface area contributed by atoms with E-state index in [1.807, 2.05) is 0 Å². The summed E-state index contributed by atoms with van der Waals surface area (Å²) in [6.07, 6.45) is 1.27. The van der Waals surface area contributed by atoms with Gasteiger partial charge in [-0.15, -0.1) is 0 Å². The molecule has 0 aromatic heterocycles. The van der Waals surface area contributed by atoms with Gasteiger partial charge in [0.05, 0.1) is 0 Å². The Labute approximate surface area is 92.0 Å². The van der Waals surface area contributed by atoms with Crippen LogP contribution in [0.25, 0.3) is 0 Å². The highest BCUT2D eigenvalue weighted by Crippen LogP contribution is 2.43. The van der Waals surface area contributed by atoms with Crippen LogP contribution in [0.4, 0.5) is 0 Å². The molecule has 0 nitrogen and oxygen atoms in total. The molecule has 0 aromatic carbocycles. The summed E-state index contributed by atoms with van der Waals surface area (Å²) in [6.45, 7) is 4.51. The van der Waals surface area contributed by atoms with E-state index in [-0.39, 0.29) is 0 Å². The molecule has 0 fully saturated rings. The van der Waals surface area contributed by atoms with Crippen LogP contribution in [0.1, 0.15) is 20.3 Å². The summed E-state index contributed by atoms with van der Waals surface area (Å²) in [5, 5.41) is 0. The van der Waals surface area contributed by atoms with Gasteiger partial charge in [-0.05, 0) is 5.92 Å². The van der Waals surface area contributed by atoms with Crippen LogP contribution in [0.3, 0.4) is 0 Å². The quantitative estimate of drug-likeness (QED) is 0.442. The van der Waals surface area contributed by atoms with Crippen molar-refractivity contribution >= 4 is 67.8 Å². The average Bonchev–Trinajstić information content (AvgIpc) is 1.62. The molecule has 0 N–H and O–H groups in total. The molecule has 0 amide bonds. The Balaban J connectivity index is 3.62. The van der Waals surface area contributed by atoms with Crippen molar-refractivity contribution in [2.75, 3.05) is 0 Å². The zero-order valence-electron chi connectivity index (χ0n) is 4.92. The van der Waals surface area contributed by atoms with Crippen LogP contribution in [0.2, 0.25) is 0 Å². The molecule has 3 heteroatoms. The second kappa shape index (κ2) is 4.15. The van der Waals surface area contributed by atoms with Crippen molar-refractivity contribution in [3.05, 3.63) is 0 Å². The monoisotopic (exact) mass is 450 g/mol.